The van der Waals surface area contributed by atoms with E-state index in [4.69, 9.17) is 9.47 Å². The Labute approximate surface area is 142 Å². The SMILES string of the molecule is CCc1ccc(CC(C(O)C2(C)COCOC2)n2cncn2)cc1. The molecule has 2 atom stereocenters. The molecule has 130 valence electrons. The molecule has 1 aromatic carbocycles. The lowest BCUT2D eigenvalue weighted by Gasteiger charge is -2.40. The highest BCUT2D eigenvalue weighted by Gasteiger charge is 2.41. The minimum atomic E-state index is -0.662. The van der Waals surface area contributed by atoms with Crippen LogP contribution in [0.3, 0.4) is 0 Å². The monoisotopic (exact) mass is 331 g/mol. The molecule has 1 saturated heterocycles. The van der Waals surface area contributed by atoms with Crippen LogP contribution in [0.25, 0.3) is 0 Å². The molecule has 24 heavy (non-hydrogen) atoms. The van der Waals surface area contributed by atoms with Crippen molar-refractivity contribution in [2.24, 2.45) is 5.41 Å². The first-order valence-corrected chi connectivity index (χ1v) is 8.38. The van der Waals surface area contributed by atoms with Crippen LogP contribution in [0.5, 0.6) is 0 Å². The fourth-order valence-corrected chi connectivity index (χ4v) is 3.18. The third kappa shape index (κ3) is 3.66. The van der Waals surface area contributed by atoms with Gasteiger partial charge in [0.25, 0.3) is 0 Å². The van der Waals surface area contributed by atoms with Crippen molar-refractivity contribution in [1.29, 1.82) is 0 Å². The smallest absolute Gasteiger partial charge is 0.146 e. The molecule has 0 spiro atoms. The second-order valence-corrected chi connectivity index (χ2v) is 6.73. The number of ether oxygens (including phenoxy) is 2. The molecule has 0 radical (unpaired) electrons. The molecular formula is C18H25N3O3. The third-order valence-corrected chi connectivity index (χ3v) is 4.76. The highest BCUT2D eigenvalue weighted by molar-refractivity contribution is 5.23. The zero-order valence-corrected chi connectivity index (χ0v) is 14.3. The Morgan fingerprint density at radius 2 is 1.88 bits per heavy atom. The predicted octanol–water partition coefficient (Wildman–Crippen LogP) is 2.00. The molecule has 1 N–H and O–H groups in total. The van der Waals surface area contributed by atoms with Gasteiger partial charge in [-0.25, -0.2) is 9.67 Å². The molecule has 2 heterocycles. The van der Waals surface area contributed by atoms with Gasteiger partial charge in [-0.2, -0.15) is 5.10 Å². The summed E-state index contributed by atoms with van der Waals surface area (Å²) in [5.74, 6) is 0. The fourth-order valence-electron chi connectivity index (χ4n) is 3.18. The van der Waals surface area contributed by atoms with Gasteiger partial charge in [0.05, 0.1) is 25.4 Å². The van der Waals surface area contributed by atoms with Crippen molar-refractivity contribution in [3.8, 4) is 0 Å². The van der Waals surface area contributed by atoms with Crippen LogP contribution in [0.15, 0.2) is 36.9 Å². The molecule has 2 aromatic rings. The topological polar surface area (TPSA) is 69.4 Å². The normalized spacial score (nSPS) is 19.8. The van der Waals surface area contributed by atoms with Crippen molar-refractivity contribution in [2.75, 3.05) is 20.0 Å². The predicted molar refractivity (Wildman–Crippen MR) is 89.5 cm³/mol. The molecule has 3 rings (SSSR count). The minimum Gasteiger partial charge on any atom is -0.390 e. The van der Waals surface area contributed by atoms with Gasteiger partial charge in [-0.1, -0.05) is 38.1 Å². The second-order valence-electron chi connectivity index (χ2n) is 6.73. The standard InChI is InChI=1S/C18H25N3O3/c1-3-14-4-6-15(7-5-14)8-16(21-12-19-11-20-21)17(22)18(2)9-23-13-24-10-18/h4-7,11-12,16-17,22H,3,8-10,13H2,1-2H3. The summed E-state index contributed by atoms with van der Waals surface area (Å²) in [5, 5.41) is 15.3. The zero-order valence-electron chi connectivity index (χ0n) is 14.3. The molecule has 2 unspecified atom stereocenters. The molecule has 1 aromatic heterocycles. The van der Waals surface area contributed by atoms with Crippen LogP contribution in [0, 0.1) is 5.41 Å². The van der Waals surface area contributed by atoms with Crippen molar-refractivity contribution in [1.82, 2.24) is 14.8 Å². The lowest BCUT2D eigenvalue weighted by atomic mass is 9.80. The summed E-state index contributed by atoms with van der Waals surface area (Å²) in [7, 11) is 0. The number of hydrogen-bond donors (Lipinski definition) is 1. The first-order valence-electron chi connectivity index (χ1n) is 8.38. The van der Waals surface area contributed by atoms with Crippen LogP contribution < -0.4 is 0 Å². The molecule has 0 bridgehead atoms. The van der Waals surface area contributed by atoms with E-state index in [1.54, 1.807) is 11.0 Å². The van der Waals surface area contributed by atoms with E-state index in [1.807, 2.05) is 6.92 Å². The van der Waals surface area contributed by atoms with Crippen molar-refractivity contribution >= 4 is 0 Å². The molecule has 0 amide bonds. The molecule has 0 aliphatic carbocycles. The van der Waals surface area contributed by atoms with E-state index in [-0.39, 0.29) is 12.8 Å². The summed E-state index contributed by atoms with van der Waals surface area (Å²) < 4.78 is 12.6. The van der Waals surface area contributed by atoms with Crippen LogP contribution in [-0.2, 0) is 22.3 Å². The summed E-state index contributed by atoms with van der Waals surface area (Å²) in [6, 6.07) is 8.27. The van der Waals surface area contributed by atoms with Crippen LogP contribution in [0.2, 0.25) is 0 Å². The highest BCUT2D eigenvalue weighted by atomic mass is 16.7. The van der Waals surface area contributed by atoms with Gasteiger partial charge in [0, 0.05) is 5.41 Å². The van der Waals surface area contributed by atoms with Crippen molar-refractivity contribution in [3.05, 3.63) is 48.0 Å². The number of benzene rings is 1. The van der Waals surface area contributed by atoms with E-state index in [0.717, 1.165) is 12.0 Å². The average Bonchev–Trinajstić information content (AvgIpc) is 3.14. The number of nitrogens with zero attached hydrogens (tertiary/aromatic N) is 3. The summed E-state index contributed by atoms with van der Waals surface area (Å²) in [6.45, 7) is 5.35. The Bertz CT molecular complexity index is 621. The van der Waals surface area contributed by atoms with Gasteiger partial charge in [0.2, 0.25) is 0 Å². The molecule has 0 saturated carbocycles. The van der Waals surface area contributed by atoms with E-state index >= 15 is 0 Å². The van der Waals surface area contributed by atoms with E-state index in [2.05, 4.69) is 41.3 Å². The van der Waals surface area contributed by atoms with Gasteiger partial charge in [-0.3, -0.25) is 0 Å². The average molecular weight is 331 g/mol. The number of aromatic nitrogens is 3. The number of aryl methyl sites for hydroxylation is 1. The van der Waals surface area contributed by atoms with Gasteiger partial charge in [0.1, 0.15) is 19.4 Å². The van der Waals surface area contributed by atoms with Crippen LogP contribution >= 0.6 is 0 Å². The number of aliphatic hydroxyl groups excluding tert-OH is 1. The van der Waals surface area contributed by atoms with Gasteiger partial charge in [-0.15, -0.1) is 0 Å². The van der Waals surface area contributed by atoms with E-state index in [0.29, 0.717) is 19.6 Å². The van der Waals surface area contributed by atoms with Crippen molar-refractivity contribution in [3.63, 3.8) is 0 Å². The summed E-state index contributed by atoms with van der Waals surface area (Å²) >= 11 is 0. The Balaban J connectivity index is 1.83. The number of hydrogen-bond acceptors (Lipinski definition) is 5. The Kier molecular flexibility index (Phi) is 5.28. The van der Waals surface area contributed by atoms with Crippen LogP contribution in [0.4, 0.5) is 0 Å². The van der Waals surface area contributed by atoms with Gasteiger partial charge in [0.15, 0.2) is 0 Å². The Morgan fingerprint density at radius 3 is 2.46 bits per heavy atom. The highest BCUT2D eigenvalue weighted by Crippen LogP contribution is 2.33. The van der Waals surface area contributed by atoms with Crippen LogP contribution in [0.1, 0.15) is 31.0 Å². The quantitative estimate of drug-likeness (QED) is 0.877. The molecule has 6 heteroatoms. The maximum Gasteiger partial charge on any atom is 0.146 e. The molecule has 6 nitrogen and oxygen atoms in total. The molecular weight excluding hydrogens is 306 g/mol. The maximum absolute atomic E-state index is 11.1. The van der Waals surface area contributed by atoms with Gasteiger partial charge >= 0.3 is 0 Å². The third-order valence-electron chi connectivity index (χ3n) is 4.76. The van der Waals surface area contributed by atoms with Crippen LogP contribution in [-0.4, -0.2) is 46.0 Å². The first-order chi connectivity index (χ1) is 11.6. The lowest BCUT2D eigenvalue weighted by Crippen LogP contribution is -2.48. The summed E-state index contributed by atoms with van der Waals surface area (Å²) in [4.78, 5) is 4.04. The molecule has 1 aliphatic rings. The van der Waals surface area contributed by atoms with E-state index in [9.17, 15) is 5.11 Å². The van der Waals surface area contributed by atoms with Gasteiger partial charge in [-0.05, 0) is 24.0 Å². The minimum absolute atomic E-state index is 0.227. The van der Waals surface area contributed by atoms with Crippen molar-refractivity contribution < 1.29 is 14.6 Å². The molecule has 1 fully saturated rings. The zero-order chi connectivity index (χ0) is 17.0. The lowest BCUT2D eigenvalue weighted by molar-refractivity contribution is -0.196. The maximum atomic E-state index is 11.1. The fraction of sp³-hybridized carbons (Fsp3) is 0.556. The van der Waals surface area contributed by atoms with E-state index in [1.165, 1.54) is 11.9 Å². The summed E-state index contributed by atoms with van der Waals surface area (Å²) in [5.41, 5.74) is 1.99. The van der Waals surface area contributed by atoms with Gasteiger partial charge < -0.3 is 14.6 Å². The number of aliphatic hydroxyl groups is 1. The van der Waals surface area contributed by atoms with E-state index < -0.39 is 11.5 Å². The van der Waals surface area contributed by atoms with Crippen molar-refractivity contribution in [2.45, 2.75) is 38.8 Å². The number of rotatable bonds is 6. The second kappa shape index (κ2) is 7.42. The Hall–Kier alpha value is -1.76. The largest absolute Gasteiger partial charge is 0.390 e. The Morgan fingerprint density at radius 1 is 1.21 bits per heavy atom. The molecule has 1 aliphatic heterocycles. The summed E-state index contributed by atoms with van der Waals surface area (Å²) in [6.07, 6.45) is 4.18. The first kappa shape index (κ1) is 17.1.